The number of nitrogens with one attached hydrogen (secondary N) is 1. The highest BCUT2D eigenvalue weighted by molar-refractivity contribution is 9.10. The van der Waals surface area contributed by atoms with Crippen LogP contribution in [-0.2, 0) is 11.2 Å². The first-order valence-electron chi connectivity index (χ1n) is 6.59. The Morgan fingerprint density at radius 2 is 2.00 bits per heavy atom. The van der Waals surface area contributed by atoms with Crippen molar-refractivity contribution in [3.63, 3.8) is 0 Å². The lowest BCUT2D eigenvalue weighted by Crippen LogP contribution is -2.30. The number of hydrogen-bond donors (Lipinski definition) is 1. The lowest BCUT2D eigenvalue weighted by Gasteiger charge is -2.19. The third kappa shape index (κ3) is 5.98. The van der Waals surface area contributed by atoms with E-state index in [0.29, 0.717) is 12.0 Å². The summed E-state index contributed by atoms with van der Waals surface area (Å²) in [6.07, 6.45) is 2.18. The molecule has 0 radical (unpaired) electrons. The van der Waals surface area contributed by atoms with Crippen molar-refractivity contribution in [2.24, 2.45) is 5.92 Å². The summed E-state index contributed by atoms with van der Waals surface area (Å²) >= 11 is 3.62. The standard InChI is InChI=1S/C15H24BrNO/c1-12(2)17-11-13(8-9-18-3)10-14-6-4-5-7-15(14)16/h4-7,12-13,17H,8-11H2,1-3H3. The maximum atomic E-state index is 5.21. The highest BCUT2D eigenvalue weighted by Crippen LogP contribution is 2.20. The van der Waals surface area contributed by atoms with Gasteiger partial charge in [0.25, 0.3) is 0 Å². The maximum Gasteiger partial charge on any atom is 0.0465 e. The minimum atomic E-state index is 0.536. The first kappa shape index (κ1) is 15.7. The molecule has 0 aliphatic heterocycles. The zero-order valence-corrected chi connectivity index (χ0v) is 13.2. The third-order valence-electron chi connectivity index (χ3n) is 3.01. The second-order valence-electron chi connectivity index (χ2n) is 5.01. The van der Waals surface area contributed by atoms with Crippen molar-refractivity contribution < 1.29 is 4.74 Å². The molecule has 0 saturated heterocycles. The van der Waals surface area contributed by atoms with Crippen molar-refractivity contribution in [1.82, 2.24) is 5.32 Å². The van der Waals surface area contributed by atoms with Crippen LogP contribution in [-0.4, -0.2) is 26.3 Å². The van der Waals surface area contributed by atoms with E-state index in [4.69, 9.17) is 4.74 Å². The van der Waals surface area contributed by atoms with Gasteiger partial charge in [-0.25, -0.2) is 0 Å². The van der Waals surface area contributed by atoms with E-state index in [1.54, 1.807) is 7.11 Å². The number of methoxy groups -OCH3 is 1. The molecule has 0 aliphatic rings. The van der Waals surface area contributed by atoms with E-state index < -0.39 is 0 Å². The molecular weight excluding hydrogens is 290 g/mol. The molecule has 1 aromatic rings. The topological polar surface area (TPSA) is 21.3 Å². The summed E-state index contributed by atoms with van der Waals surface area (Å²) in [5.41, 5.74) is 1.38. The van der Waals surface area contributed by atoms with Crippen LogP contribution in [0.3, 0.4) is 0 Å². The van der Waals surface area contributed by atoms with E-state index in [1.165, 1.54) is 10.0 Å². The van der Waals surface area contributed by atoms with E-state index in [0.717, 1.165) is 26.0 Å². The predicted molar refractivity (Wildman–Crippen MR) is 81.0 cm³/mol. The first-order chi connectivity index (χ1) is 8.63. The Morgan fingerprint density at radius 1 is 1.28 bits per heavy atom. The maximum absolute atomic E-state index is 5.21. The Kier molecular flexibility index (Phi) is 7.56. The van der Waals surface area contributed by atoms with Gasteiger partial charge in [-0.15, -0.1) is 0 Å². The van der Waals surface area contributed by atoms with Gasteiger partial charge in [-0.05, 0) is 36.9 Å². The molecule has 0 heterocycles. The van der Waals surface area contributed by atoms with Crippen LogP contribution in [0.2, 0.25) is 0 Å². The number of hydrogen-bond acceptors (Lipinski definition) is 2. The van der Waals surface area contributed by atoms with Crippen molar-refractivity contribution in [1.29, 1.82) is 0 Å². The average Bonchev–Trinajstić information content (AvgIpc) is 2.35. The number of rotatable bonds is 8. The van der Waals surface area contributed by atoms with Crippen LogP contribution >= 0.6 is 15.9 Å². The molecule has 3 heteroatoms. The van der Waals surface area contributed by atoms with E-state index in [-0.39, 0.29) is 0 Å². The van der Waals surface area contributed by atoms with Gasteiger partial charge in [-0.1, -0.05) is 48.0 Å². The lowest BCUT2D eigenvalue weighted by atomic mass is 9.96. The Labute approximate surface area is 119 Å². The fourth-order valence-corrected chi connectivity index (χ4v) is 2.38. The van der Waals surface area contributed by atoms with E-state index >= 15 is 0 Å². The summed E-state index contributed by atoms with van der Waals surface area (Å²) in [5.74, 6) is 0.617. The zero-order chi connectivity index (χ0) is 13.4. The minimum Gasteiger partial charge on any atom is -0.385 e. The molecule has 0 saturated carbocycles. The monoisotopic (exact) mass is 313 g/mol. The summed E-state index contributed by atoms with van der Waals surface area (Å²) < 4.78 is 6.41. The summed E-state index contributed by atoms with van der Waals surface area (Å²) in [7, 11) is 1.77. The Balaban J connectivity index is 2.56. The average molecular weight is 314 g/mol. The lowest BCUT2D eigenvalue weighted by molar-refractivity contribution is 0.175. The predicted octanol–water partition coefficient (Wildman–Crippen LogP) is 3.64. The molecule has 0 amide bonds. The fraction of sp³-hybridized carbons (Fsp3) is 0.600. The Morgan fingerprint density at radius 3 is 2.61 bits per heavy atom. The molecule has 1 rings (SSSR count). The second kappa shape index (κ2) is 8.68. The van der Waals surface area contributed by atoms with Crippen molar-refractivity contribution in [2.45, 2.75) is 32.7 Å². The van der Waals surface area contributed by atoms with Gasteiger partial charge in [0.1, 0.15) is 0 Å². The van der Waals surface area contributed by atoms with E-state index in [1.807, 2.05) is 0 Å². The third-order valence-corrected chi connectivity index (χ3v) is 3.79. The summed E-state index contributed by atoms with van der Waals surface area (Å²) in [6, 6.07) is 9.00. The fourth-order valence-electron chi connectivity index (χ4n) is 1.94. The summed E-state index contributed by atoms with van der Waals surface area (Å²) in [5, 5.41) is 3.52. The summed E-state index contributed by atoms with van der Waals surface area (Å²) in [4.78, 5) is 0. The van der Waals surface area contributed by atoms with Crippen LogP contribution in [0.15, 0.2) is 28.7 Å². The van der Waals surface area contributed by atoms with Crippen LogP contribution < -0.4 is 5.32 Å². The SMILES string of the molecule is COCCC(CNC(C)C)Cc1ccccc1Br. The van der Waals surface area contributed by atoms with Crippen LogP contribution in [0.4, 0.5) is 0 Å². The normalized spacial score (nSPS) is 12.9. The van der Waals surface area contributed by atoms with E-state index in [9.17, 15) is 0 Å². The highest BCUT2D eigenvalue weighted by atomic mass is 79.9. The number of benzene rings is 1. The Bertz CT molecular complexity index is 341. The Hall–Kier alpha value is -0.380. The smallest absolute Gasteiger partial charge is 0.0465 e. The second-order valence-corrected chi connectivity index (χ2v) is 5.86. The van der Waals surface area contributed by atoms with Gasteiger partial charge in [-0.3, -0.25) is 0 Å². The van der Waals surface area contributed by atoms with Crippen LogP contribution in [0.5, 0.6) is 0 Å². The van der Waals surface area contributed by atoms with Gasteiger partial charge in [0.2, 0.25) is 0 Å². The van der Waals surface area contributed by atoms with Gasteiger partial charge in [-0.2, -0.15) is 0 Å². The van der Waals surface area contributed by atoms with Gasteiger partial charge >= 0.3 is 0 Å². The molecule has 18 heavy (non-hydrogen) atoms. The molecular formula is C15H24BrNO. The molecule has 2 nitrogen and oxygen atoms in total. The zero-order valence-electron chi connectivity index (χ0n) is 11.6. The number of halogens is 1. The molecule has 0 fully saturated rings. The quantitative estimate of drug-likeness (QED) is 0.791. The molecule has 102 valence electrons. The molecule has 0 aliphatic carbocycles. The largest absolute Gasteiger partial charge is 0.385 e. The van der Waals surface area contributed by atoms with Gasteiger partial charge in [0.05, 0.1) is 0 Å². The molecule has 1 unspecified atom stereocenters. The van der Waals surface area contributed by atoms with Gasteiger partial charge in [0, 0.05) is 24.2 Å². The molecule has 1 atom stereocenters. The van der Waals surface area contributed by atoms with E-state index in [2.05, 4.69) is 59.4 Å². The molecule has 0 spiro atoms. The molecule has 0 bridgehead atoms. The first-order valence-corrected chi connectivity index (χ1v) is 7.38. The van der Waals surface area contributed by atoms with Crippen LogP contribution in [0.25, 0.3) is 0 Å². The van der Waals surface area contributed by atoms with Crippen molar-refractivity contribution in [3.05, 3.63) is 34.3 Å². The van der Waals surface area contributed by atoms with Crippen molar-refractivity contribution in [2.75, 3.05) is 20.3 Å². The van der Waals surface area contributed by atoms with Gasteiger partial charge < -0.3 is 10.1 Å². The molecule has 0 aromatic heterocycles. The number of ether oxygens (including phenoxy) is 1. The van der Waals surface area contributed by atoms with Crippen LogP contribution in [0.1, 0.15) is 25.8 Å². The minimum absolute atomic E-state index is 0.536. The molecule has 1 N–H and O–H groups in total. The van der Waals surface area contributed by atoms with Crippen molar-refractivity contribution >= 4 is 15.9 Å². The summed E-state index contributed by atoms with van der Waals surface area (Å²) in [6.45, 7) is 6.24. The van der Waals surface area contributed by atoms with Crippen molar-refractivity contribution in [3.8, 4) is 0 Å². The van der Waals surface area contributed by atoms with Gasteiger partial charge in [0.15, 0.2) is 0 Å². The highest BCUT2D eigenvalue weighted by Gasteiger charge is 2.11. The van der Waals surface area contributed by atoms with Crippen LogP contribution in [0, 0.1) is 5.92 Å². The molecule has 1 aromatic carbocycles.